The van der Waals surface area contributed by atoms with Crippen LogP contribution in [0.5, 0.6) is 5.75 Å². The van der Waals surface area contributed by atoms with Crippen molar-refractivity contribution >= 4 is 11.8 Å². The zero-order valence-corrected chi connectivity index (χ0v) is 22.6. The SMILES string of the molecule is CCCCC(CC)C(=O)N1CCN(C(=O)c2cc(-c3ccc(OC)cc3)n(-c3ccccc3)c2C)CC1. The molecule has 1 atom stereocenters. The molecular formula is C31H39N3O3. The number of benzene rings is 2. The summed E-state index contributed by atoms with van der Waals surface area (Å²) in [6.07, 6.45) is 4.01. The van der Waals surface area contributed by atoms with E-state index >= 15 is 0 Å². The van der Waals surface area contributed by atoms with Crippen LogP contribution in [0.1, 0.15) is 55.6 Å². The number of piperazine rings is 1. The highest BCUT2D eigenvalue weighted by molar-refractivity contribution is 5.97. The summed E-state index contributed by atoms with van der Waals surface area (Å²) in [6.45, 7) is 8.57. The molecule has 1 aliphatic rings. The van der Waals surface area contributed by atoms with Gasteiger partial charge < -0.3 is 19.1 Å². The van der Waals surface area contributed by atoms with E-state index in [1.807, 2.05) is 65.3 Å². The largest absolute Gasteiger partial charge is 0.497 e. The van der Waals surface area contributed by atoms with Crippen LogP contribution in [0.25, 0.3) is 16.9 Å². The second-order valence-corrected chi connectivity index (χ2v) is 9.79. The summed E-state index contributed by atoms with van der Waals surface area (Å²) in [5.74, 6) is 1.15. The van der Waals surface area contributed by atoms with Gasteiger partial charge in [0, 0.05) is 43.5 Å². The Morgan fingerprint density at radius 2 is 1.57 bits per heavy atom. The monoisotopic (exact) mass is 501 g/mol. The number of methoxy groups -OCH3 is 1. The Labute approximate surface area is 220 Å². The highest BCUT2D eigenvalue weighted by Crippen LogP contribution is 2.31. The standard InChI is InChI=1S/C31H39N3O3/c1-5-7-11-24(6-2)30(35)32-18-20-33(21-19-32)31(36)28-22-29(25-14-16-27(37-4)17-15-25)34(23(28)3)26-12-9-8-10-13-26/h8-10,12-17,22,24H,5-7,11,18-21H2,1-4H3. The van der Waals surface area contributed by atoms with Crippen LogP contribution < -0.4 is 4.74 Å². The van der Waals surface area contributed by atoms with Gasteiger partial charge in [0.05, 0.1) is 18.4 Å². The predicted octanol–water partition coefficient (Wildman–Crippen LogP) is 5.96. The molecule has 37 heavy (non-hydrogen) atoms. The van der Waals surface area contributed by atoms with Crippen molar-refractivity contribution in [2.24, 2.45) is 5.92 Å². The molecule has 1 saturated heterocycles. The van der Waals surface area contributed by atoms with Crippen molar-refractivity contribution in [3.8, 4) is 22.7 Å². The van der Waals surface area contributed by atoms with Crippen LogP contribution in [0.2, 0.25) is 0 Å². The molecule has 1 unspecified atom stereocenters. The number of hydrogen-bond donors (Lipinski definition) is 0. The Morgan fingerprint density at radius 3 is 2.16 bits per heavy atom. The summed E-state index contributed by atoms with van der Waals surface area (Å²) in [4.78, 5) is 30.7. The lowest BCUT2D eigenvalue weighted by Gasteiger charge is -2.36. The van der Waals surface area contributed by atoms with Gasteiger partial charge in [0.2, 0.25) is 5.91 Å². The van der Waals surface area contributed by atoms with Gasteiger partial charge in [-0.1, -0.05) is 44.9 Å². The topological polar surface area (TPSA) is 54.8 Å². The van der Waals surface area contributed by atoms with Gasteiger partial charge in [-0.2, -0.15) is 0 Å². The Hall–Kier alpha value is -3.54. The van der Waals surface area contributed by atoms with Gasteiger partial charge in [-0.05, 0) is 67.8 Å². The molecule has 6 nitrogen and oxygen atoms in total. The lowest BCUT2D eigenvalue weighted by molar-refractivity contribution is -0.137. The molecule has 1 aliphatic heterocycles. The van der Waals surface area contributed by atoms with Crippen LogP contribution in [0.15, 0.2) is 60.7 Å². The Morgan fingerprint density at radius 1 is 0.919 bits per heavy atom. The van der Waals surface area contributed by atoms with Crippen molar-refractivity contribution in [3.63, 3.8) is 0 Å². The molecule has 0 spiro atoms. The molecule has 0 saturated carbocycles. The van der Waals surface area contributed by atoms with E-state index in [-0.39, 0.29) is 17.7 Å². The van der Waals surface area contributed by atoms with Crippen molar-refractivity contribution in [3.05, 3.63) is 71.9 Å². The Kier molecular flexibility index (Phi) is 8.70. The number of ether oxygens (including phenoxy) is 1. The first-order valence-electron chi connectivity index (χ1n) is 13.5. The van der Waals surface area contributed by atoms with Crippen LogP contribution in [0.4, 0.5) is 0 Å². The smallest absolute Gasteiger partial charge is 0.255 e. The van der Waals surface area contributed by atoms with Gasteiger partial charge in [0.25, 0.3) is 5.91 Å². The second-order valence-electron chi connectivity index (χ2n) is 9.79. The molecule has 2 aromatic carbocycles. The van der Waals surface area contributed by atoms with Gasteiger partial charge >= 0.3 is 0 Å². The summed E-state index contributed by atoms with van der Waals surface area (Å²) < 4.78 is 7.48. The first-order chi connectivity index (χ1) is 18.0. The third-order valence-electron chi connectivity index (χ3n) is 7.50. The van der Waals surface area contributed by atoms with Crippen molar-refractivity contribution in [1.29, 1.82) is 0 Å². The maximum atomic E-state index is 13.7. The van der Waals surface area contributed by atoms with Crippen molar-refractivity contribution in [2.75, 3.05) is 33.3 Å². The van der Waals surface area contributed by atoms with E-state index in [0.717, 1.165) is 54.1 Å². The van der Waals surface area contributed by atoms with E-state index in [0.29, 0.717) is 31.7 Å². The molecule has 2 heterocycles. The Balaban J connectivity index is 1.57. The molecule has 1 fully saturated rings. The molecule has 196 valence electrons. The van der Waals surface area contributed by atoms with Crippen molar-refractivity contribution in [2.45, 2.75) is 46.5 Å². The van der Waals surface area contributed by atoms with Gasteiger partial charge in [-0.3, -0.25) is 9.59 Å². The minimum Gasteiger partial charge on any atom is -0.497 e. The summed E-state index contributed by atoms with van der Waals surface area (Å²) >= 11 is 0. The van der Waals surface area contributed by atoms with Crippen LogP contribution in [-0.2, 0) is 4.79 Å². The van der Waals surface area contributed by atoms with Gasteiger partial charge in [0.15, 0.2) is 0 Å². The molecule has 3 aromatic rings. The number of para-hydroxylation sites is 1. The highest BCUT2D eigenvalue weighted by Gasteiger charge is 2.30. The van der Waals surface area contributed by atoms with E-state index in [1.54, 1.807) is 7.11 Å². The van der Waals surface area contributed by atoms with Crippen LogP contribution in [0.3, 0.4) is 0 Å². The molecule has 0 N–H and O–H groups in total. The first kappa shape index (κ1) is 26.5. The summed E-state index contributed by atoms with van der Waals surface area (Å²) in [5.41, 5.74) is 4.60. The zero-order chi connectivity index (χ0) is 26.4. The van der Waals surface area contributed by atoms with E-state index in [2.05, 4.69) is 30.5 Å². The molecule has 0 aliphatic carbocycles. The molecule has 6 heteroatoms. The maximum Gasteiger partial charge on any atom is 0.255 e. The molecular weight excluding hydrogens is 462 g/mol. The molecule has 4 rings (SSSR count). The minimum absolute atomic E-state index is 0.0204. The fourth-order valence-electron chi connectivity index (χ4n) is 5.22. The third-order valence-corrected chi connectivity index (χ3v) is 7.50. The average molecular weight is 502 g/mol. The maximum absolute atomic E-state index is 13.7. The molecule has 0 radical (unpaired) electrons. The second kappa shape index (κ2) is 12.1. The van der Waals surface area contributed by atoms with E-state index in [9.17, 15) is 9.59 Å². The summed E-state index contributed by atoms with van der Waals surface area (Å²) in [6, 6.07) is 20.0. The minimum atomic E-state index is 0.0204. The van der Waals surface area contributed by atoms with Gasteiger partial charge in [-0.15, -0.1) is 0 Å². The average Bonchev–Trinajstić information content (AvgIpc) is 3.30. The normalized spacial score (nSPS) is 14.5. The third kappa shape index (κ3) is 5.74. The molecule has 0 bridgehead atoms. The number of amides is 2. The fourth-order valence-corrected chi connectivity index (χ4v) is 5.22. The number of carbonyl (C=O) groups is 2. The van der Waals surface area contributed by atoms with E-state index in [1.165, 1.54) is 0 Å². The first-order valence-corrected chi connectivity index (χ1v) is 13.5. The van der Waals surface area contributed by atoms with Crippen LogP contribution in [0, 0.1) is 12.8 Å². The number of aromatic nitrogens is 1. The summed E-state index contributed by atoms with van der Waals surface area (Å²) in [7, 11) is 1.66. The predicted molar refractivity (Wildman–Crippen MR) is 148 cm³/mol. The molecule has 1 aromatic heterocycles. The fraction of sp³-hybridized carbons (Fsp3) is 0.419. The quantitative estimate of drug-likeness (QED) is 0.363. The van der Waals surface area contributed by atoms with E-state index < -0.39 is 0 Å². The van der Waals surface area contributed by atoms with Crippen LogP contribution in [-0.4, -0.2) is 59.5 Å². The lowest BCUT2D eigenvalue weighted by atomic mass is 9.97. The molecule has 2 amide bonds. The highest BCUT2D eigenvalue weighted by atomic mass is 16.5. The van der Waals surface area contributed by atoms with Crippen LogP contribution >= 0.6 is 0 Å². The van der Waals surface area contributed by atoms with E-state index in [4.69, 9.17) is 4.74 Å². The lowest BCUT2D eigenvalue weighted by Crippen LogP contribution is -2.52. The number of nitrogens with zero attached hydrogens (tertiary/aromatic N) is 3. The number of unbranched alkanes of at least 4 members (excludes halogenated alkanes) is 1. The zero-order valence-electron chi connectivity index (χ0n) is 22.6. The number of rotatable bonds is 9. The van der Waals surface area contributed by atoms with Gasteiger partial charge in [-0.25, -0.2) is 0 Å². The number of carbonyl (C=O) groups excluding carboxylic acids is 2. The summed E-state index contributed by atoms with van der Waals surface area (Å²) in [5, 5.41) is 0. The van der Waals surface area contributed by atoms with Crippen molar-refractivity contribution < 1.29 is 14.3 Å². The van der Waals surface area contributed by atoms with Crippen molar-refractivity contribution in [1.82, 2.24) is 14.4 Å². The van der Waals surface area contributed by atoms with Gasteiger partial charge in [0.1, 0.15) is 5.75 Å². The number of hydrogen-bond acceptors (Lipinski definition) is 3. The Bertz CT molecular complexity index is 1190.